The summed E-state index contributed by atoms with van der Waals surface area (Å²) in [7, 11) is -3.78. The molecule has 0 bridgehead atoms. The van der Waals surface area contributed by atoms with Crippen LogP contribution in [-0.4, -0.2) is 19.5 Å². The maximum atomic E-state index is 12.2. The van der Waals surface area contributed by atoms with Gasteiger partial charge in [0.15, 0.2) is 0 Å². The molecule has 0 aliphatic heterocycles. The predicted molar refractivity (Wildman–Crippen MR) is 81.6 cm³/mol. The summed E-state index contributed by atoms with van der Waals surface area (Å²) in [6.45, 7) is 0.137. The number of benzene rings is 2. The Morgan fingerprint density at radius 2 is 1.81 bits per heavy atom. The van der Waals surface area contributed by atoms with E-state index in [1.165, 1.54) is 12.1 Å². The molecular formula is C14H12BrNO4S. The van der Waals surface area contributed by atoms with Gasteiger partial charge in [-0.3, -0.25) is 0 Å². The van der Waals surface area contributed by atoms with E-state index in [9.17, 15) is 13.2 Å². The van der Waals surface area contributed by atoms with Gasteiger partial charge in [0.05, 0.1) is 10.5 Å². The van der Waals surface area contributed by atoms with Crippen molar-refractivity contribution in [1.82, 2.24) is 4.72 Å². The van der Waals surface area contributed by atoms with Crippen molar-refractivity contribution in [3.05, 3.63) is 64.1 Å². The predicted octanol–water partition coefficient (Wildman–Crippen LogP) is 2.63. The van der Waals surface area contributed by atoms with Gasteiger partial charge in [0.25, 0.3) is 0 Å². The van der Waals surface area contributed by atoms with Gasteiger partial charge in [-0.15, -0.1) is 0 Å². The lowest BCUT2D eigenvalue weighted by Gasteiger charge is -2.08. The summed E-state index contributed by atoms with van der Waals surface area (Å²) in [6, 6.07) is 12.9. The van der Waals surface area contributed by atoms with Gasteiger partial charge in [-0.2, -0.15) is 0 Å². The second-order valence-electron chi connectivity index (χ2n) is 4.29. The minimum atomic E-state index is -3.78. The Morgan fingerprint density at radius 1 is 1.14 bits per heavy atom. The number of halogens is 1. The molecule has 0 unspecified atom stereocenters. The molecule has 7 heteroatoms. The van der Waals surface area contributed by atoms with Gasteiger partial charge in [0.2, 0.25) is 10.0 Å². The van der Waals surface area contributed by atoms with Crippen molar-refractivity contribution in [2.24, 2.45) is 0 Å². The first-order chi connectivity index (χ1) is 9.88. The SMILES string of the molecule is O=C(O)c1cc(Br)cc(S(=O)(=O)NCc2ccccc2)c1. The van der Waals surface area contributed by atoms with E-state index in [0.717, 1.165) is 11.6 Å². The maximum absolute atomic E-state index is 12.2. The minimum Gasteiger partial charge on any atom is -0.478 e. The largest absolute Gasteiger partial charge is 0.478 e. The molecule has 2 aromatic rings. The number of carboxylic acids is 1. The molecule has 5 nitrogen and oxygen atoms in total. The monoisotopic (exact) mass is 369 g/mol. The number of carboxylic acid groups (broad SMARTS) is 1. The van der Waals surface area contributed by atoms with E-state index in [0.29, 0.717) is 4.47 Å². The Morgan fingerprint density at radius 3 is 2.43 bits per heavy atom. The fraction of sp³-hybridized carbons (Fsp3) is 0.0714. The third kappa shape index (κ3) is 4.13. The van der Waals surface area contributed by atoms with Crippen LogP contribution in [0.5, 0.6) is 0 Å². The van der Waals surface area contributed by atoms with E-state index in [-0.39, 0.29) is 17.0 Å². The molecule has 0 fully saturated rings. The summed E-state index contributed by atoms with van der Waals surface area (Å²) >= 11 is 3.11. The van der Waals surface area contributed by atoms with Crippen molar-refractivity contribution >= 4 is 31.9 Å². The van der Waals surface area contributed by atoms with Crippen LogP contribution in [0.1, 0.15) is 15.9 Å². The highest BCUT2D eigenvalue weighted by Gasteiger charge is 2.17. The van der Waals surface area contributed by atoms with Crippen molar-refractivity contribution in [3.63, 3.8) is 0 Å². The highest BCUT2D eigenvalue weighted by Crippen LogP contribution is 2.20. The molecule has 0 saturated heterocycles. The molecule has 0 radical (unpaired) electrons. The Labute approximate surface area is 130 Å². The van der Waals surface area contributed by atoms with Crippen molar-refractivity contribution in [1.29, 1.82) is 0 Å². The Kier molecular flexibility index (Phi) is 4.76. The second-order valence-corrected chi connectivity index (χ2v) is 6.97. The number of carbonyl (C=O) groups is 1. The highest BCUT2D eigenvalue weighted by molar-refractivity contribution is 9.10. The zero-order chi connectivity index (χ0) is 15.5. The summed E-state index contributed by atoms with van der Waals surface area (Å²) in [5.41, 5.74) is 0.721. The molecule has 2 aromatic carbocycles. The standard InChI is InChI=1S/C14H12BrNO4S/c15-12-6-11(14(17)18)7-13(8-12)21(19,20)16-9-10-4-2-1-3-5-10/h1-8,16H,9H2,(H,17,18). The quantitative estimate of drug-likeness (QED) is 0.848. The molecule has 21 heavy (non-hydrogen) atoms. The summed E-state index contributed by atoms with van der Waals surface area (Å²) in [6.07, 6.45) is 0. The van der Waals surface area contributed by atoms with Crippen molar-refractivity contribution in [2.75, 3.05) is 0 Å². The summed E-state index contributed by atoms with van der Waals surface area (Å²) < 4.78 is 27.2. The first-order valence-corrected chi connectivity index (χ1v) is 8.23. The fourth-order valence-electron chi connectivity index (χ4n) is 1.70. The van der Waals surface area contributed by atoms with Gasteiger partial charge in [-0.25, -0.2) is 17.9 Å². The first-order valence-electron chi connectivity index (χ1n) is 5.96. The number of rotatable bonds is 5. The van der Waals surface area contributed by atoms with Crippen LogP contribution in [0.2, 0.25) is 0 Å². The van der Waals surface area contributed by atoms with Gasteiger partial charge >= 0.3 is 5.97 Å². The third-order valence-electron chi connectivity index (χ3n) is 2.74. The number of sulfonamides is 1. The minimum absolute atomic E-state index is 0.0924. The Balaban J connectivity index is 2.25. The molecule has 0 aliphatic carbocycles. The smallest absolute Gasteiger partial charge is 0.335 e. The summed E-state index contributed by atoms with van der Waals surface area (Å²) in [4.78, 5) is 10.9. The normalized spacial score (nSPS) is 11.3. The van der Waals surface area contributed by atoms with E-state index < -0.39 is 16.0 Å². The van der Waals surface area contributed by atoms with E-state index in [2.05, 4.69) is 20.7 Å². The molecule has 0 saturated carbocycles. The van der Waals surface area contributed by atoms with Gasteiger partial charge in [-0.1, -0.05) is 46.3 Å². The first kappa shape index (κ1) is 15.7. The molecule has 2 rings (SSSR count). The van der Waals surface area contributed by atoms with Gasteiger partial charge in [0.1, 0.15) is 0 Å². The van der Waals surface area contributed by atoms with Gasteiger partial charge < -0.3 is 5.11 Å². The molecule has 2 N–H and O–H groups in total. The van der Waals surface area contributed by atoms with Crippen LogP contribution in [0.4, 0.5) is 0 Å². The highest BCUT2D eigenvalue weighted by atomic mass is 79.9. The molecule has 0 heterocycles. The Hall–Kier alpha value is -1.70. The topological polar surface area (TPSA) is 83.5 Å². The van der Waals surface area contributed by atoms with E-state index >= 15 is 0 Å². The van der Waals surface area contributed by atoms with Crippen LogP contribution in [0.25, 0.3) is 0 Å². The van der Waals surface area contributed by atoms with Gasteiger partial charge in [0, 0.05) is 11.0 Å². The van der Waals surface area contributed by atoms with E-state index in [4.69, 9.17) is 5.11 Å². The van der Waals surface area contributed by atoms with Crippen LogP contribution in [-0.2, 0) is 16.6 Å². The zero-order valence-corrected chi connectivity index (χ0v) is 13.2. The zero-order valence-electron chi connectivity index (χ0n) is 10.8. The lowest BCUT2D eigenvalue weighted by Crippen LogP contribution is -2.23. The number of nitrogens with one attached hydrogen (secondary N) is 1. The molecule has 110 valence electrons. The number of hydrogen-bond acceptors (Lipinski definition) is 3. The average molecular weight is 370 g/mol. The second kappa shape index (κ2) is 6.38. The van der Waals surface area contributed by atoms with E-state index in [1.54, 1.807) is 12.1 Å². The van der Waals surface area contributed by atoms with Crippen molar-refractivity contribution < 1.29 is 18.3 Å². The molecule has 0 spiro atoms. The fourth-order valence-corrected chi connectivity index (χ4v) is 3.43. The van der Waals surface area contributed by atoms with Crippen LogP contribution < -0.4 is 4.72 Å². The van der Waals surface area contributed by atoms with Crippen molar-refractivity contribution in [2.45, 2.75) is 11.4 Å². The van der Waals surface area contributed by atoms with Gasteiger partial charge in [-0.05, 0) is 23.8 Å². The van der Waals surface area contributed by atoms with Crippen molar-refractivity contribution in [3.8, 4) is 0 Å². The summed E-state index contributed by atoms with van der Waals surface area (Å²) in [5, 5.41) is 8.97. The van der Waals surface area contributed by atoms with E-state index in [1.807, 2.05) is 18.2 Å². The lowest BCUT2D eigenvalue weighted by atomic mass is 10.2. The molecule has 0 atom stereocenters. The van der Waals surface area contributed by atoms with Crippen LogP contribution in [0.15, 0.2) is 57.9 Å². The molecule has 0 amide bonds. The average Bonchev–Trinajstić information content (AvgIpc) is 2.45. The summed E-state index contributed by atoms with van der Waals surface area (Å²) in [5.74, 6) is -1.18. The molecule has 0 aromatic heterocycles. The third-order valence-corrected chi connectivity index (χ3v) is 4.58. The van der Waals surface area contributed by atoms with Crippen LogP contribution >= 0.6 is 15.9 Å². The molecular weight excluding hydrogens is 358 g/mol. The maximum Gasteiger partial charge on any atom is 0.335 e. The Bertz CT molecular complexity index is 760. The molecule has 0 aliphatic rings. The number of hydrogen-bond donors (Lipinski definition) is 2. The van der Waals surface area contributed by atoms with Crippen LogP contribution in [0, 0.1) is 0 Å². The van der Waals surface area contributed by atoms with Crippen LogP contribution in [0.3, 0.4) is 0 Å². The lowest BCUT2D eigenvalue weighted by molar-refractivity contribution is 0.0696. The number of aromatic carboxylic acids is 1.